The first-order valence-corrected chi connectivity index (χ1v) is 6.94. The molecular weight excluding hydrogens is 238 g/mol. The second-order valence-corrected chi connectivity index (χ2v) is 5.43. The zero-order valence-electron chi connectivity index (χ0n) is 11.5. The predicted octanol–water partition coefficient (Wildman–Crippen LogP) is 1.27. The van der Waals surface area contributed by atoms with E-state index in [1.807, 2.05) is 42.2 Å². The van der Waals surface area contributed by atoms with E-state index in [1.165, 1.54) is 0 Å². The predicted molar refractivity (Wildman–Crippen MR) is 76.3 cm³/mol. The van der Waals surface area contributed by atoms with Crippen molar-refractivity contribution in [1.29, 1.82) is 0 Å². The largest absolute Gasteiger partial charge is 0.341 e. The summed E-state index contributed by atoms with van der Waals surface area (Å²) >= 11 is 0. The summed E-state index contributed by atoms with van der Waals surface area (Å²) in [4.78, 5) is 14.3. The van der Waals surface area contributed by atoms with E-state index in [1.54, 1.807) is 0 Å². The molecule has 1 aliphatic rings. The van der Waals surface area contributed by atoms with Crippen molar-refractivity contribution in [3.8, 4) is 0 Å². The van der Waals surface area contributed by atoms with Crippen LogP contribution in [-0.4, -0.2) is 29.9 Å². The molecule has 1 aromatic carbocycles. The first-order chi connectivity index (χ1) is 9.09. The van der Waals surface area contributed by atoms with Gasteiger partial charge in [-0.25, -0.2) is 0 Å². The normalized spacial score (nSPS) is 22.9. The minimum atomic E-state index is -0.562. The van der Waals surface area contributed by atoms with Crippen LogP contribution in [0.1, 0.15) is 31.4 Å². The molecular formula is C15H23N3O. The smallest absolute Gasteiger partial charge is 0.244 e. The molecule has 0 aliphatic carbocycles. The van der Waals surface area contributed by atoms with Gasteiger partial charge < -0.3 is 16.4 Å². The second kappa shape index (κ2) is 6.17. The van der Waals surface area contributed by atoms with Gasteiger partial charge in [-0.15, -0.1) is 0 Å². The van der Waals surface area contributed by atoms with E-state index in [0.717, 1.165) is 31.5 Å². The fraction of sp³-hybridized carbons (Fsp3) is 0.533. The Morgan fingerprint density at radius 1 is 1.32 bits per heavy atom. The summed E-state index contributed by atoms with van der Waals surface area (Å²) in [5.74, 6) is 0.400. The monoisotopic (exact) mass is 261 g/mol. The number of carbonyl (C=O) groups is 1. The van der Waals surface area contributed by atoms with E-state index in [0.29, 0.717) is 5.92 Å². The van der Waals surface area contributed by atoms with E-state index < -0.39 is 6.04 Å². The molecule has 1 fully saturated rings. The van der Waals surface area contributed by atoms with Crippen molar-refractivity contribution in [2.24, 2.45) is 17.4 Å². The topological polar surface area (TPSA) is 72.3 Å². The molecule has 4 heteroatoms. The minimum Gasteiger partial charge on any atom is -0.341 e. The number of piperidine rings is 1. The summed E-state index contributed by atoms with van der Waals surface area (Å²) in [6.45, 7) is 3.54. The SMILES string of the molecule is CC(N)C1CCCN(C(=O)C(N)c2ccccc2)C1. The van der Waals surface area contributed by atoms with Crippen LogP contribution >= 0.6 is 0 Å². The van der Waals surface area contributed by atoms with Gasteiger partial charge in [0.1, 0.15) is 6.04 Å². The lowest BCUT2D eigenvalue weighted by molar-refractivity contribution is -0.134. The highest BCUT2D eigenvalue weighted by molar-refractivity contribution is 5.83. The highest BCUT2D eigenvalue weighted by Gasteiger charge is 2.29. The van der Waals surface area contributed by atoms with Gasteiger partial charge in [-0.05, 0) is 31.2 Å². The van der Waals surface area contributed by atoms with Crippen molar-refractivity contribution in [3.63, 3.8) is 0 Å². The molecule has 19 heavy (non-hydrogen) atoms. The average molecular weight is 261 g/mol. The fourth-order valence-electron chi connectivity index (χ4n) is 2.64. The van der Waals surface area contributed by atoms with Crippen molar-refractivity contribution < 1.29 is 4.79 Å². The molecule has 3 atom stereocenters. The third-order valence-corrected chi connectivity index (χ3v) is 3.94. The van der Waals surface area contributed by atoms with Crippen LogP contribution in [0.15, 0.2) is 30.3 Å². The fourth-order valence-corrected chi connectivity index (χ4v) is 2.64. The van der Waals surface area contributed by atoms with Gasteiger partial charge in [0.2, 0.25) is 5.91 Å². The molecule has 0 saturated carbocycles. The molecule has 104 valence electrons. The molecule has 4 N–H and O–H groups in total. The standard InChI is InChI=1S/C15H23N3O/c1-11(16)13-8-5-9-18(10-13)15(19)14(17)12-6-3-2-4-7-12/h2-4,6-7,11,13-14H,5,8-10,16-17H2,1H3. The van der Waals surface area contributed by atoms with E-state index in [2.05, 4.69) is 0 Å². The zero-order valence-corrected chi connectivity index (χ0v) is 11.5. The quantitative estimate of drug-likeness (QED) is 0.860. The van der Waals surface area contributed by atoms with Gasteiger partial charge in [0, 0.05) is 19.1 Å². The minimum absolute atomic E-state index is 0.0107. The highest BCUT2D eigenvalue weighted by Crippen LogP contribution is 2.22. The first kappa shape index (κ1) is 14.0. The molecule has 0 bridgehead atoms. The maximum absolute atomic E-state index is 12.4. The van der Waals surface area contributed by atoms with Crippen LogP contribution in [0.5, 0.6) is 0 Å². The number of hydrogen-bond acceptors (Lipinski definition) is 3. The number of benzene rings is 1. The van der Waals surface area contributed by atoms with Crippen molar-refractivity contribution in [2.45, 2.75) is 31.8 Å². The van der Waals surface area contributed by atoms with Gasteiger partial charge in [0.15, 0.2) is 0 Å². The van der Waals surface area contributed by atoms with E-state index in [-0.39, 0.29) is 11.9 Å². The summed E-state index contributed by atoms with van der Waals surface area (Å²) in [6, 6.07) is 9.10. The van der Waals surface area contributed by atoms with Crippen molar-refractivity contribution in [2.75, 3.05) is 13.1 Å². The van der Waals surface area contributed by atoms with Gasteiger partial charge in [-0.1, -0.05) is 30.3 Å². The van der Waals surface area contributed by atoms with E-state index in [4.69, 9.17) is 11.5 Å². The lowest BCUT2D eigenvalue weighted by atomic mass is 9.91. The molecule has 2 rings (SSSR count). The number of nitrogens with two attached hydrogens (primary N) is 2. The Labute approximate surface area is 114 Å². The third-order valence-electron chi connectivity index (χ3n) is 3.94. The molecule has 1 amide bonds. The summed E-state index contributed by atoms with van der Waals surface area (Å²) in [6.07, 6.45) is 2.11. The van der Waals surface area contributed by atoms with Gasteiger partial charge in [-0.3, -0.25) is 4.79 Å². The van der Waals surface area contributed by atoms with Crippen molar-refractivity contribution in [3.05, 3.63) is 35.9 Å². The number of nitrogens with zero attached hydrogens (tertiary/aromatic N) is 1. The third kappa shape index (κ3) is 3.33. The molecule has 1 aromatic rings. The number of carbonyl (C=O) groups excluding carboxylic acids is 1. The number of likely N-dealkylation sites (tertiary alicyclic amines) is 1. The Kier molecular flexibility index (Phi) is 4.56. The summed E-state index contributed by atoms with van der Waals surface area (Å²) < 4.78 is 0. The highest BCUT2D eigenvalue weighted by atomic mass is 16.2. The molecule has 1 saturated heterocycles. The maximum Gasteiger partial charge on any atom is 0.244 e. The molecule has 1 aliphatic heterocycles. The van der Waals surface area contributed by atoms with Crippen LogP contribution in [-0.2, 0) is 4.79 Å². The molecule has 3 unspecified atom stereocenters. The number of rotatable bonds is 3. The Balaban J connectivity index is 2.03. The Hall–Kier alpha value is -1.39. The van der Waals surface area contributed by atoms with Crippen LogP contribution in [0.25, 0.3) is 0 Å². The molecule has 1 heterocycles. The van der Waals surface area contributed by atoms with Gasteiger partial charge in [0.05, 0.1) is 0 Å². The summed E-state index contributed by atoms with van der Waals surface area (Å²) in [5, 5.41) is 0. The van der Waals surface area contributed by atoms with Gasteiger partial charge in [0.25, 0.3) is 0 Å². The number of hydrogen-bond donors (Lipinski definition) is 2. The number of amides is 1. The van der Waals surface area contributed by atoms with Gasteiger partial charge in [-0.2, -0.15) is 0 Å². The second-order valence-electron chi connectivity index (χ2n) is 5.43. The van der Waals surface area contributed by atoms with Crippen molar-refractivity contribution >= 4 is 5.91 Å². The Morgan fingerprint density at radius 3 is 2.63 bits per heavy atom. The first-order valence-electron chi connectivity index (χ1n) is 6.94. The van der Waals surface area contributed by atoms with Crippen LogP contribution < -0.4 is 11.5 Å². The molecule has 0 aromatic heterocycles. The van der Waals surface area contributed by atoms with Crippen LogP contribution in [0.3, 0.4) is 0 Å². The Morgan fingerprint density at radius 2 is 2.00 bits per heavy atom. The maximum atomic E-state index is 12.4. The molecule has 4 nitrogen and oxygen atoms in total. The average Bonchev–Trinajstić information content (AvgIpc) is 2.46. The lowest BCUT2D eigenvalue weighted by Gasteiger charge is -2.36. The van der Waals surface area contributed by atoms with E-state index >= 15 is 0 Å². The van der Waals surface area contributed by atoms with Crippen molar-refractivity contribution in [1.82, 2.24) is 4.90 Å². The zero-order chi connectivity index (χ0) is 13.8. The summed E-state index contributed by atoms with van der Waals surface area (Å²) in [5.41, 5.74) is 12.9. The Bertz CT molecular complexity index is 419. The molecule has 0 spiro atoms. The summed E-state index contributed by atoms with van der Waals surface area (Å²) in [7, 11) is 0. The van der Waals surface area contributed by atoms with Crippen LogP contribution in [0.2, 0.25) is 0 Å². The van der Waals surface area contributed by atoms with Crippen LogP contribution in [0, 0.1) is 5.92 Å². The van der Waals surface area contributed by atoms with E-state index in [9.17, 15) is 4.79 Å². The van der Waals surface area contributed by atoms with Gasteiger partial charge >= 0.3 is 0 Å². The molecule has 0 radical (unpaired) electrons. The van der Waals surface area contributed by atoms with Crippen LogP contribution in [0.4, 0.5) is 0 Å². The lowest BCUT2D eigenvalue weighted by Crippen LogP contribution is -2.47.